The molecule has 0 aliphatic carbocycles. The zero-order chi connectivity index (χ0) is 15.2. The number of hydrogen-bond donors (Lipinski definition) is 1. The van der Waals surface area contributed by atoms with Gasteiger partial charge < -0.3 is 15.2 Å². The molecule has 0 aromatic rings. The summed E-state index contributed by atoms with van der Waals surface area (Å²) in [6.45, 7) is 12.5. The van der Waals surface area contributed by atoms with Crippen molar-refractivity contribution in [3.05, 3.63) is 12.7 Å². The van der Waals surface area contributed by atoms with E-state index in [1.807, 2.05) is 13.8 Å². The molecule has 0 amide bonds. The minimum atomic E-state index is -0.716. The molecule has 0 radical (unpaired) electrons. The first-order valence-electron chi connectivity index (χ1n) is 6.37. The van der Waals surface area contributed by atoms with Crippen LogP contribution in [0.15, 0.2) is 12.7 Å². The molecule has 0 aromatic heterocycles. The Morgan fingerprint density at radius 1 is 1.32 bits per heavy atom. The summed E-state index contributed by atoms with van der Waals surface area (Å²) in [5.74, 6) is -1.01. The van der Waals surface area contributed by atoms with E-state index in [0.29, 0.717) is 0 Å². The second kappa shape index (κ2) is 7.28. The Morgan fingerprint density at radius 3 is 2.21 bits per heavy atom. The quantitative estimate of drug-likeness (QED) is 0.588. The normalized spacial score (nSPS) is 14.7. The van der Waals surface area contributed by atoms with E-state index < -0.39 is 29.7 Å². The third-order valence-corrected chi connectivity index (χ3v) is 2.31. The van der Waals surface area contributed by atoms with Gasteiger partial charge in [-0.3, -0.25) is 9.59 Å². The Morgan fingerprint density at radius 2 is 1.84 bits per heavy atom. The molecule has 0 aromatic carbocycles. The standard InChI is InChI=1S/C14H25NO4/c1-7-10(8-11(16)19-14(4,5)6)18-13(17)12(15)9(2)3/h7,9-10,12H,1,8,15H2,2-6H3/t10-,12+/m1/s1. The van der Waals surface area contributed by atoms with Gasteiger partial charge >= 0.3 is 11.9 Å². The first-order chi connectivity index (χ1) is 8.56. The molecule has 5 nitrogen and oxygen atoms in total. The van der Waals surface area contributed by atoms with E-state index in [9.17, 15) is 9.59 Å². The molecular weight excluding hydrogens is 246 g/mol. The summed E-state index contributed by atoms with van der Waals surface area (Å²) < 4.78 is 10.3. The third kappa shape index (κ3) is 7.62. The van der Waals surface area contributed by atoms with Crippen molar-refractivity contribution in [2.75, 3.05) is 0 Å². The van der Waals surface area contributed by atoms with Crippen molar-refractivity contribution in [3.8, 4) is 0 Å². The van der Waals surface area contributed by atoms with E-state index >= 15 is 0 Å². The molecule has 0 fully saturated rings. The van der Waals surface area contributed by atoms with E-state index in [4.69, 9.17) is 15.2 Å². The number of ether oxygens (including phenoxy) is 2. The number of carbonyl (C=O) groups is 2. The van der Waals surface area contributed by atoms with Gasteiger partial charge in [0.1, 0.15) is 17.7 Å². The van der Waals surface area contributed by atoms with Crippen LogP contribution in [0.4, 0.5) is 0 Å². The second-order valence-corrected chi connectivity index (χ2v) is 5.77. The van der Waals surface area contributed by atoms with Crippen LogP contribution in [0.5, 0.6) is 0 Å². The van der Waals surface area contributed by atoms with E-state index in [0.717, 1.165) is 0 Å². The van der Waals surface area contributed by atoms with Crippen molar-refractivity contribution >= 4 is 11.9 Å². The first-order valence-corrected chi connectivity index (χ1v) is 6.37. The summed E-state index contributed by atoms with van der Waals surface area (Å²) in [4.78, 5) is 23.3. The number of hydrogen-bond acceptors (Lipinski definition) is 5. The van der Waals surface area contributed by atoms with Crippen molar-refractivity contribution in [2.24, 2.45) is 11.7 Å². The Balaban J connectivity index is 4.41. The highest BCUT2D eigenvalue weighted by Crippen LogP contribution is 2.12. The number of nitrogens with two attached hydrogens (primary N) is 1. The van der Waals surface area contributed by atoms with Crippen LogP contribution in [0.3, 0.4) is 0 Å². The Kier molecular flexibility index (Phi) is 6.76. The van der Waals surface area contributed by atoms with Gasteiger partial charge in [-0.15, -0.1) is 0 Å². The molecule has 0 unspecified atom stereocenters. The smallest absolute Gasteiger partial charge is 0.323 e. The summed E-state index contributed by atoms with van der Waals surface area (Å²) >= 11 is 0. The SMILES string of the molecule is C=C[C@H](CC(=O)OC(C)(C)C)OC(=O)[C@@H](N)C(C)C. The number of esters is 2. The molecule has 0 rings (SSSR count). The highest BCUT2D eigenvalue weighted by atomic mass is 16.6. The molecule has 5 heteroatoms. The minimum Gasteiger partial charge on any atom is -0.460 e. The monoisotopic (exact) mass is 271 g/mol. The highest BCUT2D eigenvalue weighted by Gasteiger charge is 2.24. The maximum atomic E-state index is 11.7. The van der Waals surface area contributed by atoms with Crippen LogP contribution in [-0.4, -0.2) is 29.7 Å². The van der Waals surface area contributed by atoms with Crippen molar-refractivity contribution in [3.63, 3.8) is 0 Å². The third-order valence-electron chi connectivity index (χ3n) is 2.31. The summed E-state index contributed by atoms with van der Waals surface area (Å²) in [6.07, 6.45) is 0.624. The summed E-state index contributed by atoms with van der Waals surface area (Å²) in [5.41, 5.74) is 5.10. The predicted octanol–water partition coefficient (Wildman–Crippen LogP) is 1.80. The highest BCUT2D eigenvalue weighted by molar-refractivity contribution is 5.77. The topological polar surface area (TPSA) is 78.6 Å². The Hall–Kier alpha value is -1.36. The molecule has 0 saturated carbocycles. The summed E-state index contributed by atoms with van der Waals surface area (Å²) in [7, 11) is 0. The molecule has 0 spiro atoms. The maximum absolute atomic E-state index is 11.7. The van der Waals surface area contributed by atoms with Gasteiger partial charge in [0.25, 0.3) is 0 Å². The van der Waals surface area contributed by atoms with E-state index in [-0.39, 0.29) is 12.3 Å². The molecule has 0 aliphatic heterocycles. The van der Waals surface area contributed by atoms with Crippen molar-refractivity contribution in [1.29, 1.82) is 0 Å². The molecule has 0 heterocycles. The van der Waals surface area contributed by atoms with E-state index in [2.05, 4.69) is 6.58 Å². The molecule has 0 bridgehead atoms. The van der Waals surface area contributed by atoms with Crippen LogP contribution in [-0.2, 0) is 19.1 Å². The van der Waals surface area contributed by atoms with Crippen molar-refractivity contribution < 1.29 is 19.1 Å². The lowest BCUT2D eigenvalue weighted by atomic mass is 10.1. The Bertz CT molecular complexity index is 331. The summed E-state index contributed by atoms with van der Waals surface area (Å²) in [5, 5.41) is 0. The van der Waals surface area contributed by atoms with Gasteiger partial charge in [-0.05, 0) is 26.7 Å². The van der Waals surface area contributed by atoms with Crippen LogP contribution in [0, 0.1) is 5.92 Å². The van der Waals surface area contributed by atoms with Crippen LogP contribution < -0.4 is 5.73 Å². The van der Waals surface area contributed by atoms with Gasteiger partial charge in [-0.25, -0.2) is 0 Å². The molecule has 0 aliphatic rings. The molecule has 2 atom stereocenters. The molecular formula is C14H25NO4. The first kappa shape index (κ1) is 17.6. The van der Waals surface area contributed by atoms with Crippen LogP contribution in [0.1, 0.15) is 41.0 Å². The van der Waals surface area contributed by atoms with Crippen LogP contribution >= 0.6 is 0 Å². The van der Waals surface area contributed by atoms with Gasteiger partial charge in [0.2, 0.25) is 0 Å². The lowest BCUT2D eigenvalue weighted by Gasteiger charge is -2.22. The van der Waals surface area contributed by atoms with Gasteiger partial charge in [0, 0.05) is 0 Å². The van der Waals surface area contributed by atoms with E-state index in [1.165, 1.54) is 6.08 Å². The fourth-order valence-electron chi connectivity index (χ4n) is 1.22. The minimum absolute atomic E-state index is 0.0282. The number of carbonyl (C=O) groups excluding carboxylic acids is 2. The maximum Gasteiger partial charge on any atom is 0.323 e. The molecule has 2 N–H and O–H groups in total. The Labute approximate surface area is 115 Å². The van der Waals surface area contributed by atoms with E-state index in [1.54, 1.807) is 20.8 Å². The van der Waals surface area contributed by atoms with Crippen molar-refractivity contribution in [2.45, 2.75) is 58.8 Å². The fourth-order valence-corrected chi connectivity index (χ4v) is 1.22. The van der Waals surface area contributed by atoms with Gasteiger partial charge in [-0.1, -0.05) is 26.5 Å². The average Bonchev–Trinajstić information content (AvgIpc) is 2.23. The van der Waals surface area contributed by atoms with Gasteiger partial charge in [0.05, 0.1) is 6.42 Å². The second-order valence-electron chi connectivity index (χ2n) is 5.77. The lowest BCUT2D eigenvalue weighted by molar-refractivity contribution is -0.160. The largest absolute Gasteiger partial charge is 0.460 e. The predicted molar refractivity (Wildman–Crippen MR) is 73.4 cm³/mol. The molecule has 19 heavy (non-hydrogen) atoms. The molecule has 110 valence electrons. The fraction of sp³-hybridized carbons (Fsp3) is 0.714. The van der Waals surface area contributed by atoms with Crippen LogP contribution in [0.25, 0.3) is 0 Å². The zero-order valence-corrected chi connectivity index (χ0v) is 12.4. The van der Waals surface area contributed by atoms with Crippen molar-refractivity contribution in [1.82, 2.24) is 0 Å². The lowest BCUT2D eigenvalue weighted by Crippen LogP contribution is -2.39. The van der Waals surface area contributed by atoms with Gasteiger partial charge in [0.15, 0.2) is 0 Å². The summed E-state index contributed by atoms with van der Waals surface area (Å²) in [6, 6.07) is -0.707. The van der Waals surface area contributed by atoms with Gasteiger partial charge in [-0.2, -0.15) is 0 Å². The number of rotatable bonds is 6. The molecule has 0 saturated heterocycles. The average molecular weight is 271 g/mol. The van der Waals surface area contributed by atoms with Crippen LogP contribution in [0.2, 0.25) is 0 Å². The zero-order valence-electron chi connectivity index (χ0n) is 12.4.